The highest BCUT2D eigenvalue weighted by Gasteiger charge is 2.51. The lowest BCUT2D eigenvalue weighted by molar-refractivity contribution is -0.147. The molecule has 6 rings (SSSR count). The van der Waals surface area contributed by atoms with E-state index in [1.807, 2.05) is 17.0 Å². The Morgan fingerprint density at radius 2 is 1.97 bits per heavy atom. The summed E-state index contributed by atoms with van der Waals surface area (Å²) in [6.07, 6.45) is 4.56. The van der Waals surface area contributed by atoms with Gasteiger partial charge in [0.15, 0.2) is 0 Å². The summed E-state index contributed by atoms with van der Waals surface area (Å²) in [6.45, 7) is 3.26. The Morgan fingerprint density at radius 3 is 2.67 bits per heavy atom. The first kappa shape index (κ1) is 21.1. The number of fused-ring (bicyclic) bond motifs is 1. The predicted molar refractivity (Wildman–Crippen MR) is 124 cm³/mol. The van der Waals surface area contributed by atoms with E-state index in [0.717, 1.165) is 47.7 Å². The second kappa shape index (κ2) is 8.11. The van der Waals surface area contributed by atoms with Gasteiger partial charge in [0, 0.05) is 49.5 Å². The number of carboxylic acid groups (broad SMARTS) is 1. The molecule has 0 radical (unpaired) electrons. The minimum atomic E-state index is -0.763. The highest BCUT2D eigenvalue weighted by Crippen LogP contribution is 2.56. The molecule has 3 aromatic rings. The first-order valence-corrected chi connectivity index (χ1v) is 12.4. The number of carbonyl (C=O) groups is 1. The van der Waals surface area contributed by atoms with E-state index in [2.05, 4.69) is 11.1 Å². The number of rotatable bonds is 6. The maximum absolute atomic E-state index is 15.0. The fraction of sp³-hybridized carbons (Fsp3) is 0.480. The van der Waals surface area contributed by atoms with Gasteiger partial charge in [-0.25, -0.2) is 14.4 Å². The molecule has 1 aromatic carbocycles. The SMILES string of the molecule is O=C(O)C1CN(Cc2ccc(-c3nc4ccc(C5(C6CCOCC6)CC5)nc4s3)c(F)c2)C1. The van der Waals surface area contributed by atoms with E-state index in [0.29, 0.717) is 36.1 Å². The zero-order chi connectivity index (χ0) is 22.6. The molecule has 0 atom stereocenters. The molecule has 3 fully saturated rings. The van der Waals surface area contributed by atoms with Crippen LogP contribution in [0.4, 0.5) is 4.39 Å². The molecule has 2 aliphatic heterocycles. The van der Waals surface area contributed by atoms with Crippen LogP contribution in [0, 0.1) is 17.7 Å². The average Bonchev–Trinajstić information content (AvgIpc) is 3.49. The second-order valence-electron chi connectivity index (χ2n) is 9.63. The Balaban J connectivity index is 1.22. The summed E-state index contributed by atoms with van der Waals surface area (Å²) in [4.78, 5) is 23.5. The summed E-state index contributed by atoms with van der Waals surface area (Å²) in [5.74, 6) is -0.745. The van der Waals surface area contributed by atoms with Gasteiger partial charge in [0.25, 0.3) is 0 Å². The quantitative estimate of drug-likeness (QED) is 0.577. The Morgan fingerprint density at radius 1 is 1.18 bits per heavy atom. The molecule has 6 nitrogen and oxygen atoms in total. The minimum absolute atomic E-state index is 0.186. The average molecular weight is 468 g/mol. The van der Waals surface area contributed by atoms with Crippen LogP contribution in [0.15, 0.2) is 30.3 Å². The van der Waals surface area contributed by atoms with Crippen molar-refractivity contribution >= 4 is 27.7 Å². The smallest absolute Gasteiger partial charge is 0.309 e. The van der Waals surface area contributed by atoms with Gasteiger partial charge in [0.05, 0.1) is 5.92 Å². The van der Waals surface area contributed by atoms with Gasteiger partial charge in [-0.2, -0.15) is 0 Å². The van der Waals surface area contributed by atoms with Crippen molar-refractivity contribution in [2.45, 2.75) is 37.6 Å². The molecule has 1 N–H and O–H groups in total. The third kappa shape index (κ3) is 3.84. The van der Waals surface area contributed by atoms with Gasteiger partial charge in [-0.1, -0.05) is 17.4 Å². The van der Waals surface area contributed by atoms with E-state index in [9.17, 15) is 9.18 Å². The topological polar surface area (TPSA) is 75.5 Å². The standard InChI is InChI=1S/C25H26FN3O3S/c26-19-11-15(12-29-13-16(14-29)24(30)31)1-2-18(19)22-27-20-3-4-21(28-23(20)33-22)25(7-8-25)17-5-9-32-10-6-17/h1-4,11,16-17H,5-10,12-14H2,(H,30,31). The molecule has 2 aromatic heterocycles. The first-order valence-electron chi connectivity index (χ1n) is 11.6. The van der Waals surface area contributed by atoms with Gasteiger partial charge in [-0.05, 0) is 61.4 Å². The van der Waals surface area contributed by atoms with Crippen LogP contribution < -0.4 is 0 Å². The molecule has 1 saturated carbocycles. The third-order valence-electron chi connectivity index (χ3n) is 7.53. The monoisotopic (exact) mass is 467 g/mol. The normalized spacial score (nSPS) is 21.2. The summed E-state index contributed by atoms with van der Waals surface area (Å²) < 4.78 is 20.5. The molecule has 0 spiro atoms. The van der Waals surface area contributed by atoms with Gasteiger partial charge >= 0.3 is 5.97 Å². The largest absolute Gasteiger partial charge is 0.481 e. The number of hydrogen-bond acceptors (Lipinski definition) is 6. The predicted octanol–water partition coefficient (Wildman–Crippen LogP) is 4.47. The van der Waals surface area contributed by atoms with E-state index in [1.54, 1.807) is 12.1 Å². The molecule has 2 saturated heterocycles. The maximum Gasteiger partial charge on any atom is 0.309 e. The number of benzene rings is 1. The zero-order valence-corrected chi connectivity index (χ0v) is 19.1. The highest BCUT2D eigenvalue weighted by molar-refractivity contribution is 7.21. The van der Waals surface area contributed by atoms with E-state index in [1.165, 1.54) is 24.2 Å². The number of pyridine rings is 1. The lowest BCUT2D eigenvalue weighted by atomic mass is 9.80. The molecular weight excluding hydrogens is 441 g/mol. The molecule has 3 aliphatic rings. The number of nitrogens with zero attached hydrogens (tertiary/aromatic N) is 3. The number of hydrogen-bond donors (Lipinski definition) is 1. The summed E-state index contributed by atoms with van der Waals surface area (Å²) in [5, 5.41) is 9.66. The third-order valence-corrected chi connectivity index (χ3v) is 8.53. The van der Waals surface area contributed by atoms with Gasteiger partial charge in [-0.3, -0.25) is 9.69 Å². The summed E-state index contributed by atoms with van der Waals surface area (Å²) in [7, 11) is 0. The van der Waals surface area contributed by atoms with Crippen LogP contribution >= 0.6 is 11.3 Å². The van der Waals surface area contributed by atoms with E-state index in [-0.39, 0.29) is 17.2 Å². The van der Waals surface area contributed by atoms with Gasteiger partial charge in [0.1, 0.15) is 21.2 Å². The molecule has 0 unspecified atom stereocenters. The van der Waals surface area contributed by atoms with Crippen molar-refractivity contribution in [2.75, 3.05) is 26.3 Å². The summed E-state index contributed by atoms with van der Waals surface area (Å²) in [6, 6.07) is 9.37. The van der Waals surface area contributed by atoms with Crippen molar-refractivity contribution < 1.29 is 19.0 Å². The van der Waals surface area contributed by atoms with Gasteiger partial charge in [-0.15, -0.1) is 0 Å². The number of carboxylic acids is 1. The lowest BCUT2D eigenvalue weighted by Crippen LogP contribution is -2.49. The molecule has 0 amide bonds. The molecule has 172 valence electrons. The Bertz CT molecular complexity index is 1210. The van der Waals surface area contributed by atoms with E-state index >= 15 is 0 Å². The number of aliphatic carboxylic acids is 1. The van der Waals surface area contributed by atoms with Crippen molar-refractivity contribution in [1.29, 1.82) is 0 Å². The Kier molecular flexibility index (Phi) is 5.19. The van der Waals surface area contributed by atoms with E-state index < -0.39 is 5.97 Å². The number of aromatic nitrogens is 2. The molecular formula is C25H26FN3O3S. The number of ether oxygens (including phenoxy) is 1. The fourth-order valence-corrected chi connectivity index (χ4v) is 6.38. The van der Waals surface area contributed by atoms with Crippen LogP contribution in [-0.2, 0) is 21.5 Å². The fourth-order valence-electron chi connectivity index (χ4n) is 5.41. The zero-order valence-electron chi connectivity index (χ0n) is 18.3. The number of likely N-dealkylation sites (tertiary alicyclic amines) is 1. The summed E-state index contributed by atoms with van der Waals surface area (Å²) in [5.41, 5.74) is 3.48. The number of thiazole rings is 1. The summed E-state index contributed by atoms with van der Waals surface area (Å²) >= 11 is 1.45. The minimum Gasteiger partial charge on any atom is -0.481 e. The van der Waals surface area contributed by atoms with Crippen molar-refractivity contribution in [1.82, 2.24) is 14.9 Å². The maximum atomic E-state index is 15.0. The molecule has 33 heavy (non-hydrogen) atoms. The van der Waals surface area contributed by atoms with Crippen LogP contribution in [0.25, 0.3) is 20.9 Å². The van der Waals surface area contributed by atoms with Crippen molar-refractivity contribution in [3.05, 3.63) is 47.4 Å². The van der Waals surface area contributed by atoms with Gasteiger partial charge < -0.3 is 9.84 Å². The van der Waals surface area contributed by atoms with Crippen LogP contribution in [0.2, 0.25) is 0 Å². The Hall–Kier alpha value is -2.42. The molecule has 8 heteroatoms. The Labute approximate surface area is 195 Å². The van der Waals surface area contributed by atoms with Crippen molar-refractivity contribution in [3.8, 4) is 10.6 Å². The van der Waals surface area contributed by atoms with Crippen LogP contribution in [-0.4, -0.2) is 52.2 Å². The van der Waals surface area contributed by atoms with Crippen molar-refractivity contribution in [2.24, 2.45) is 11.8 Å². The number of halogens is 1. The highest BCUT2D eigenvalue weighted by atomic mass is 32.1. The molecule has 4 heterocycles. The van der Waals surface area contributed by atoms with Crippen LogP contribution in [0.5, 0.6) is 0 Å². The van der Waals surface area contributed by atoms with Crippen LogP contribution in [0.3, 0.4) is 0 Å². The van der Waals surface area contributed by atoms with Crippen molar-refractivity contribution in [3.63, 3.8) is 0 Å². The van der Waals surface area contributed by atoms with Gasteiger partial charge in [0.2, 0.25) is 0 Å². The molecule has 0 bridgehead atoms. The van der Waals surface area contributed by atoms with E-state index in [4.69, 9.17) is 14.8 Å². The van der Waals surface area contributed by atoms with Crippen LogP contribution in [0.1, 0.15) is 36.9 Å². The lowest BCUT2D eigenvalue weighted by Gasteiger charge is -2.36. The first-order chi connectivity index (χ1) is 16.0. The molecule has 1 aliphatic carbocycles. The second-order valence-corrected chi connectivity index (χ2v) is 10.6.